The summed E-state index contributed by atoms with van der Waals surface area (Å²) in [5.41, 5.74) is 0. The van der Waals surface area contributed by atoms with Crippen LogP contribution in [0.1, 0.15) is 33.1 Å². The van der Waals surface area contributed by atoms with Gasteiger partial charge in [0.25, 0.3) is 0 Å². The molecule has 0 spiro atoms. The topological polar surface area (TPSA) is 75.6 Å². The van der Waals surface area contributed by atoms with Crippen LogP contribution in [-0.4, -0.2) is 36.7 Å². The van der Waals surface area contributed by atoms with E-state index in [-0.39, 0.29) is 18.4 Å². The monoisotopic (exact) mass is 231 g/mol. The fraction of sp³-hybridized carbons (Fsp3) is 0.818. The fourth-order valence-electron chi connectivity index (χ4n) is 1.12. The van der Waals surface area contributed by atoms with Crippen molar-refractivity contribution in [1.82, 2.24) is 5.32 Å². The SMILES string of the molecule is CCCOCC(=O)NCCCC(C)C(=O)O. The number of aliphatic carboxylic acids is 1. The quantitative estimate of drug-likeness (QED) is 0.581. The van der Waals surface area contributed by atoms with Crippen LogP contribution in [-0.2, 0) is 14.3 Å². The van der Waals surface area contributed by atoms with Gasteiger partial charge in [-0.3, -0.25) is 9.59 Å². The second-order valence-corrected chi connectivity index (χ2v) is 3.78. The number of carboxylic acids is 1. The summed E-state index contributed by atoms with van der Waals surface area (Å²) >= 11 is 0. The number of ether oxygens (including phenoxy) is 1. The van der Waals surface area contributed by atoms with Crippen LogP contribution >= 0.6 is 0 Å². The Morgan fingerprint density at radius 2 is 2.12 bits per heavy atom. The number of carboxylic acid groups (broad SMARTS) is 1. The lowest BCUT2D eigenvalue weighted by atomic mass is 10.1. The highest BCUT2D eigenvalue weighted by molar-refractivity contribution is 5.77. The number of hydrogen-bond donors (Lipinski definition) is 2. The Labute approximate surface area is 96.2 Å². The molecule has 2 N–H and O–H groups in total. The van der Waals surface area contributed by atoms with Crippen molar-refractivity contribution in [3.63, 3.8) is 0 Å². The van der Waals surface area contributed by atoms with Gasteiger partial charge >= 0.3 is 5.97 Å². The molecular formula is C11H21NO4. The van der Waals surface area contributed by atoms with E-state index in [2.05, 4.69) is 5.32 Å². The highest BCUT2D eigenvalue weighted by Gasteiger charge is 2.09. The molecule has 0 aromatic heterocycles. The predicted octanol–water partition coefficient (Wildman–Crippen LogP) is 1.03. The average molecular weight is 231 g/mol. The smallest absolute Gasteiger partial charge is 0.306 e. The van der Waals surface area contributed by atoms with Crippen molar-refractivity contribution in [2.24, 2.45) is 5.92 Å². The Morgan fingerprint density at radius 1 is 1.44 bits per heavy atom. The molecule has 0 aromatic rings. The van der Waals surface area contributed by atoms with Gasteiger partial charge in [-0.15, -0.1) is 0 Å². The molecule has 0 radical (unpaired) electrons. The number of nitrogens with one attached hydrogen (secondary N) is 1. The van der Waals surface area contributed by atoms with E-state index < -0.39 is 5.97 Å². The lowest BCUT2D eigenvalue weighted by Gasteiger charge is -2.07. The van der Waals surface area contributed by atoms with Crippen LogP contribution in [0.3, 0.4) is 0 Å². The van der Waals surface area contributed by atoms with Gasteiger partial charge in [0.2, 0.25) is 5.91 Å². The van der Waals surface area contributed by atoms with E-state index in [1.54, 1.807) is 6.92 Å². The molecule has 0 fully saturated rings. The molecule has 0 saturated carbocycles. The molecule has 16 heavy (non-hydrogen) atoms. The van der Waals surface area contributed by atoms with Crippen molar-refractivity contribution in [3.05, 3.63) is 0 Å². The van der Waals surface area contributed by atoms with E-state index in [9.17, 15) is 9.59 Å². The third kappa shape index (κ3) is 8.23. The Balaban J connectivity index is 3.37. The Hall–Kier alpha value is -1.10. The van der Waals surface area contributed by atoms with Crippen LogP contribution in [0.4, 0.5) is 0 Å². The van der Waals surface area contributed by atoms with Gasteiger partial charge in [0.15, 0.2) is 0 Å². The second-order valence-electron chi connectivity index (χ2n) is 3.78. The summed E-state index contributed by atoms with van der Waals surface area (Å²) in [5.74, 6) is -1.29. The average Bonchev–Trinajstić information content (AvgIpc) is 2.24. The molecule has 0 aliphatic carbocycles. The molecule has 1 atom stereocenters. The van der Waals surface area contributed by atoms with Gasteiger partial charge in [0.05, 0.1) is 5.92 Å². The van der Waals surface area contributed by atoms with Gasteiger partial charge in [-0.1, -0.05) is 13.8 Å². The molecule has 0 aromatic carbocycles. The minimum Gasteiger partial charge on any atom is -0.481 e. The number of carbonyl (C=O) groups is 2. The first-order valence-corrected chi connectivity index (χ1v) is 5.65. The minimum absolute atomic E-state index is 0.0856. The summed E-state index contributed by atoms with van der Waals surface area (Å²) in [6.07, 6.45) is 2.14. The number of carbonyl (C=O) groups excluding carboxylic acids is 1. The van der Waals surface area contributed by atoms with Crippen molar-refractivity contribution < 1.29 is 19.4 Å². The van der Waals surface area contributed by atoms with Crippen LogP contribution < -0.4 is 5.32 Å². The summed E-state index contributed by atoms with van der Waals surface area (Å²) < 4.78 is 5.05. The van der Waals surface area contributed by atoms with Crippen LogP contribution in [0.5, 0.6) is 0 Å². The molecular weight excluding hydrogens is 210 g/mol. The lowest BCUT2D eigenvalue weighted by molar-refractivity contribution is -0.141. The van der Waals surface area contributed by atoms with Crippen LogP contribution in [0, 0.1) is 5.92 Å². The lowest BCUT2D eigenvalue weighted by Crippen LogP contribution is -2.29. The van der Waals surface area contributed by atoms with E-state index in [0.29, 0.717) is 26.0 Å². The third-order valence-corrected chi connectivity index (χ3v) is 2.14. The van der Waals surface area contributed by atoms with E-state index in [0.717, 1.165) is 6.42 Å². The molecule has 0 saturated heterocycles. The van der Waals surface area contributed by atoms with Gasteiger partial charge in [0, 0.05) is 13.2 Å². The van der Waals surface area contributed by atoms with Gasteiger partial charge in [-0.2, -0.15) is 0 Å². The highest BCUT2D eigenvalue weighted by Crippen LogP contribution is 2.03. The van der Waals surface area contributed by atoms with Crippen molar-refractivity contribution >= 4 is 11.9 Å². The molecule has 1 unspecified atom stereocenters. The molecule has 0 heterocycles. The highest BCUT2D eigenvalue weighted by atomic mass is 16.5. The van der Waals surface area contributed by atoms with E-state index in [4.69, 9.17) is 9.84 Å². The number of rotatable bonds is 9. The van der Waals surface area contributed by atoms with Crippen molar-refractivity contribution in [3.8, 4) is 0 Å². The molecule has 94 valence electrons. The Morgan fingerprint density at radius 3 is 2.69 bits per heavy atom. The number of amides is 1. The van der Waals surface area contributed by atoms with E-state index in [1.807, 2.05) is 6.92 Å². The summed E-state index contributed by atoms with van der Waals surface area (Å²) in [5, 5.41) is 11.3. The third-order valence-electron chi connectivity index (χ3n) is 2.14. The maximum Gasteiger partial charge on any atom is 0.306 e. The first kappa shape index (κ1) is 14.9. The first-order chi connectivity index (χ1) is 7.57. The molecule has 0 aliphatic heterocycles. The Kier molecular flexibility index (Phi) is 8.52. The van der Waals surface area contributed by atoms with Crippen molar-refractivity contribution in [2.75, 3.05) is 19.8 Å². The zero-order valence-electron chi connectivity index (χ0n) is 9.99. The largest absolute Gasteiger partial charge is 0.481 e. The molecule has 0 rings (SSSR count). The molecule has 0 aliphatic rings. The molecule has 1 amide bonds. The van der Waals surface area contributed by atoms with Crippen LogP contribution in [0.25, 0.3) is 0 Å². The summed E-state index contributed by atoms with van der Waals surface area (Å²) in [6, 6.07) is 0. The van der Waals surface area contributed by atoms with Gasteiger partial charge in [-0.25, -0.2) is 0 Å². The summed E-state index contributed by atoms with van der Waals surface area (Å²) in [7, 11) is 0. The standard InChI is InChI=1S/C11H21NO4/c1-3-7-16-8-10(13)12-6-4-5-9(2)11(14)15/h9H,3-8H2,1-2H3,(H,12,13)(H,14,15). The van der Waals surface area contributed by atoms with Crippen LogP contribution in [0.2, 0.25) is 0 Å². The van der Waals surface area contributed by atoms with Gasteiger partial charge < -0.3 is 15.2 Å². The van der Waals surface area contributed by atoms with Crippen molar-refractivity contribution in [1.29, 1.82) is 0 Å². The van der Waals surface area contributed by atoms with Crippen molar-refractivity contribution in [2.45, 2.75) is 33.1 Å². The predicted molar refractivity (Wildman–Crippen MR) is 60.2 cm³/mol. The summed E-state index contributed by atoms with van der Waals surface area (Å²) in [6.45, 7) is 4.82. The van der Waals surface area contributed by atoms with E-state index in [1.165, 1.54) is 0 Å². The maximum absolute atomic E-state index is 11.1. The zero-order valence-corrected chi connectivity index (χ0v) is 9.99. The van der Waals surface area contributed by atoms with Gasteiger partial charge in [-0.05, 0) is 19.3 Å². The van der Waals surface area contributed by atoms with Gasteiger partial charge in [0.1, 0.15) is 6.61 Å². The second kappa shape index (κ2) is 9.15. The fourth-order valence-corrected chi connectivity index (χ4v) is 1.12. The molecule has 0 bridgehead atoms. The van der Waals surface area contributed by atoms with E-state index >= 15 is 0 Å². The number of hydrogen-bond acceptors (Lipinski definition) is 3. The van der Waals surface area contributed by atoms with Crippen LogP contribution in [0.15, 0.2) is 0 Å². The first-order valence-electron chi connectivity index (χ1n) is 5.65. The zero-order chi connectivity index (χ0) is 12.4. The maximum atomic E-state index is 11.1. The Bertz CT molecular complexity index is 218. The molecule has 5 nitrogen and oxygen atoms in total. The summed E-state index contributed by atoms with van der Waals surface area (Å²) in [4.78, 5) is 21.6. The molecule has 5 heteroatoms. The normalized spacial score (nSPS) is 12.1. The minimum atomic E-state index is -0.794.